The third-order valence-corrected chi connectivity index (χ3v) is 4.06. The van der Waals surface area contributed by atoms with Crippen LogP contribution in [0.5, 0.6) is 0 Å². The van der Waals surface area contributed by atoms with E-state index in [2.05, 4.69) is 39.6 Å². The fraction of sp³-hybridized carbons (Fsp3) is 0.412. The van der Waals surface area contributed by atoms with Gasteiger partial charge in [-0.2, -0.15) is 0 Å². The van der Waals surface area contributed by atoms with Gasteiger partial charge in [0.2, 0.25) is 0 Å². The number of nitrogens with zero attached hydrogens (tertiary/aromatic N) is 2. The van der Waals surface area contributed by atoms with Crippen LogP contribution < -0.4 is 11.1 Å². The van der Waals surface area contributed by atoms with Gasteiger partial charge in [-0.3, -0.25) is 0 Å². The first kappa shape index (κ1) is 14.0. The molecule has 0 saturated carbocycles. The second-order valence-electron chi connectivity index (χ2n) is 5.59. The zero-order chi connectivity index (χ0) is 14.5. The second kappa shape index (κ2) is 6.68. The second-order valence-corrected chi connectivity index (χ2v) is 5.59. The Morgan fingerprint density at radius 1 is 1.05 bits per heavy atom. The maximum absolute atomic E-state index is 5.69. The number of benzene rings is 1. The molecule has 1 aromatic heterocycles. The van der Waals surface area contributed by atoms with Gasteiger partial charge in [0.05, 0.1) is 0 Å². The van der Waals surface area contributed by atoms with Crippen molar-refractivity contribution in [3.8, 4) is 0 Å². The molecule has 3 rings (SSSR count). The molecule has 4 heteroatoms. The largest absolute Gasteiger partial charge is 0.366 e. The number of nitrogens with one attached hydrogen (secondary N) is 1. The standard InChI is InChI=1S/C17H22N4/c18-10-13-5-4-6-14(9-13)11-19-17-15-7-2-1-3-8-16(15)20-12-21-17/h4-6,9,12H,1-3,7-8,10-11,18H2,(H,19,20,21). The van der Waals surface area contributed by atoms with E-state index in [0.29, 0.717) is 6.54 Å². The molecule has 2 aromatic rings. The van der Waals surface area contributed by atoms with E-state index in [4.69, 9.17) is 5.73 Å². The number of hydrogen-bond donors (Lipinski definition) is 2. The topological polar surface area (TPSA) is 63.8 Å². The maximum Gasteiger partial charge on any atom is 0.133 e. The number of aryl methyl sites for hydroxylation is 1. The van der Waals surface area contributed by atoms with E-state index in [1.165, 1.54) is 36.1 Å². The van der Waals surface area contributed by atoms with Crippen LogP contribution >= 0.6 is 0 Å². The SMILES string of the molecule is NCc1cccc(CNc2ncnc3c2CCCCC3)c1. The van der Waals surface area contributed by atoms with Crippen molar-refractivity contribution in [3.05, 3.63) is 53.0 Å². The molecule has 1 aromatic carbocycles. The van der Waals surface area contributed by atoms with Gasteiger partial charge in [-0.25, -0.2) is 9.97 Å². The lowest BCUT2D eigenvalue weighted by atomic mass is 10.1. The summed E-state index contributed by atoms with van der Waals surface area (Å²) in [5.41, 5.74) is 10.6. The lowest BCUT2D eigenvalue weighted by Crippen LogP contribution is -2.08. The highest BCUT2D eigenvalue weighted by molar-refractivity contribution is 5.47. The summed E-state index contributed by atoms with van der Waals surface area (Å²) in [6.45, 7) is 1.36. The molecular weight excluding hydrogens is 260 g/mol. The van der Waals surface area contributed by atoms with Crippen LogP contribution in [0.1, 0.15) is 41.6 Å². The maximum atomic E-state index is 5.69. The van der Waals surface area contributed by atoms with Crippen molar-refractivity contribution in [1.82, 2.24) is 9.97 Å². The van der Waals surface area contributed by atoms with E-state index in [0.717, 1.165) is 30.8 Å². The Morgan fingerprint density at radius 2 is 1.90 bits per heavy atom. The third-order valence-electron chi connectivity index (χ3n) is 4.06. The van der Waals surface area contributed by atoms with Crippen LogP contribution in [0.15, 0.2) is 30.6 Å². The van der Waals surface area contributed by atoms with E-state index < -0.39 is 0 Å². The van der Waals surface area contributed by atoms with Crippen LogP contribution in [-0.2, 0) is 25.9 Å². The molecule has 0 atom stereocenters. The van der Waals surface area contributed by atoms with E-state index in [-0.39, 0.29) is 0 Å². The van der Waals surface area contributed by atoms with Crippen LogP contribution in [-0.4, -0.2) is 9.97 Å². The molecule has 0 radical (unpaired) electrons. The van der Waals surface area contributed by atoms with Crippen LogP contribution in [0.2, 0.25) is 0 Å². The van der Waals surface area contributed by atoms with Gasteiger partial charge < -0.3 is 11.1 Å². The van der Waals surface area contributed by atoms with E-state index in [9.17, 15) is 0 Å². The number of nitrogens with two attached hydrogens (primary N) is 1. The highest BCUT2D eigenvalue weighted by Gasteiger charge is 2.13. The van der Waals surface area contributed by atoms with Crippen molar-refractivity contribution in [2.45, 2.75) is 45.2 Å². The Bertz CT molecular complexity index is 609. The minimum Gasteiger partial charge on any atom is -0.366 e. The van der Waals surface area contributed by atoms with Gasteiger partial charge in [0.15, 0.2) is 0 Å². The monoisotopic (exact) mass is 282 g/mol. The minimum absolute atomic E-state index is 0.580. The molecule has 0 bridgehead atoms. The average molecular weight is 282 g/mol. The number of anilines is 1. The zero-order valence-corrected chi connectivity index (χ0v) is 12.3. The van der Waals surface area contributed by atoms with Crippen molar-refractivity contribution in [2.24, 2.45) is 5.73 Å². The number of aromatic nitrogens is 2. The van der Waals surface area contributed by atoms with Crippen molar-refractivity contribution >= 4 is 5.82 Å². The Balaban J connectivity index is 1.76. The summed E-state index contributed by atoms with van der Waals surface area (Å²) < 4.78 is 0. The number of hydrogen-bond acceptors (Lipinski definition) is 4. The smallest absolute Gasteiger partial charge is 0.133 e. The summed E-state index contributed by atoms with van der Waals surface area (Å²) in [7, 11) is 0. The van der Waals surface area contributed by atoms with Gasteiger partial charge in [-0.05, 0) is 36.8 Å². The molecule has 1 heterocycles. The molecule has 1 aliphatic rings. The average Bonchev–Trinajstić information content (AvgIpc) is 2.79. The van der Waals surface area contributed by atoms with Crippen LogP contribution in [0.4, 0.5) is 5.82 Å². The first-order valence-electron chi connectivity index (χ1n) is 7.71. The van der Waals surface area contributed by atoms with Gasteiger partial charge in [0.1, 0.15) is 12.1 Å². The lowest BCUT2D eigenvalue weighted by Gasteiger charge is -2.12. The van der Waals surface area contributed by atoms with Crippen molar-refractivity contribution in [1.29, 1.82) is 0 Å². The molecule has 0 unspecified atom stereocenters. The lowest BCUT2D eigenvalue weighted by molar-refractivity contribution is 0.709. The molecule has 0 aliphatic heterocycles. The van der Waals surface area contributed by atoms with E-state index in [1.807, 2.05) is 0 Å². The molecule has 21 heavy (non-hydrogen) atoms. The van der Waals surface area contributed by atoms with E-state index >= 15 is 0 Å². The van der Waals surface area contributed by atoms with Gasteiger partial charge in [0.25, 0.3) is 0 Å². The fourth-order valence-corrected chi connectivity index (χ4v) is 2.90. The van der Waals surface area contributed by atoms with Gasteiger partial charge in [-0.15, -0.1) is 0 Å². The number of rotatable bonds is 4. The molecule has 0 saturated heterocycles. The molecule has 1 aliphatic carbocycles. The highest BCUT2D eigenvalue weighted by atomic mass is 15.0. The summed E-state index contributed by atoms with van der Waals surface area (Å²) >= 11 is 0. The van der Waals surface area contributed by atoms with E-state index in [1.54, 1.807) is 6.33 Å². The van der Waals surface area contributed by atoms with Crippen LogP contribution in [0, 0.1) is 0 Å². The summed E-state index contributed by atoms with van der Waals surface area (Å²) in [6, 6.07) is 8.37. The van der Waals surface area contributed by atoms with Crippen LogP contribution in [0.3, 0.4) is 0 Å². The van der Waals surface area contributed by atoms with Crippen molar-refractivity contribution in [2.75, 3.05) is 5.32 Å². The zero-order valence-electron chi connectivity index (χ0n) is 12.3. The van der Waals surface area contributed by atoms with Gasteiger partial charge in [0, 0.05) is 24.3 Å². The van der Waals surface area contributed by atoms with Crippen LogP contribution in [0.25, 0.3) is 0 Å². The molecule has 0 spiro atoms. The minimum atomic E-state index is 0.580. The Labute approximate surface area is 125 Å². The first-order valence-corrected chi connectivity index (χ1v) is 7.71. The Morgan fingerprint density at radius 3 is 2.81 bits per heavy atom. The highest BCUT2D eigenvalue weighted by Crippen LogP contribution is 2.24. The van der Waals surface area contributed by atoms with Gasteiger partial charge in [-0.1, -0.05) is 30.7 Å². The van der Waals surface area contributed by atoms with Gasteiger partial charge >= 0.3 is 0 Å². The molecule has 0 fully saturated rings. The predicted octanol–water partition coefficient (Wildman–Crippen LogP) is 2.82. The van der Waals surface area contributed by atoms with Crippen molar-refractivity contribution < 1.29 is 0 Å². The predicted molar refractivity (Wildman–Crippen MR) is 85.0 cm³/mol. The Kier molecular flexibility index (Phi) is 4.46. The third kappa shape index (κ3) is 3.39. The molecule has 3 N–H and O–H groups in total. The number of fused-ring (bicyclic) bond motifs is 1. The normalized spacial score (nSPS) is 14.3. The fourth-order valence-electron chi connectivity index (χ4n) is 2.90. The summed E-state index contributed by atoms with van der Waals surface area (Å²) in [5, 5.41) is 3.48. The molecule has 110 valence electrons. The Hall–Kier alpha value is -1.94. The quantitative estimate of drug-likeness (QED) is 0.846. The molecule has 0 amide bonds. The first-order chi connectivity index (χ1) is 10.4. The molecular formula is C17H22N4. The van der Waals surface area contributed by atoms with Crippen molar-refractivity contribution in [3.63, 3.8) is 0 Å². The summed E-state index contributed by atoms with van der Waals surface area (Å²) in [4.78, 5) is 8.90. The summed E-state index contributed by atoms with van der Waals surface area (Å²) in [5.74, 6) is 1.00. The molecule has 4 nitrogen and oxygen atoms in total. The summed E-state index contributed by atoms with van der Waals surface area (Å²) in [6.07, 6.45) is 7.60.